The van der Waals surface area contributed by atoms with Gasteiger partial charge in [0.15, 0.2) is 0 Å². The van der Waals surface area contributed by atoms with Crippen LogP contribution in [-0.2, 0) is 20.8 Å². The number of fused-ring (bicyclic) bond motifs is 1. The summed E-state index contributed by atoms with van der Waals surface area (Å²) in [4.78, 5) is 36.9. The van der Waals surface area contributed by atoms with Crippen LogP contribution < -0.4 is 44.9 Å². The van der Waals surface area contributed by atoms with E-state index in [9.17, 15) is 19.5 Å². The SMILES string of the molecule is CC1CCc2ccccc2N1C(=O)CCNC(=O)[C@@H]1C[C@@H]1C(=O)[O-].[Na+]. The van der Waals surface area contributed by atoms with Gasteiger partial charge in [0, 0.05) is 42.5 Å². The number of aliphatic carboxylic acids is 1. The van der Waals surface area contributed by atoms with Gasteiger partial charge in [-0.3, -0.25) is 9.59 Å². The summed E-state index contributed by atoms with van der Waals surface area (Å²) in [5.41, 5.74) is 2.12. The van der Waals surface area contributed by atoms with Crippen LogP contribution in [0.15, 0.2) is 24.3 Å². The fraction of sp³-hybridized carbons (Fsp3) is 0.500. The third-order valence-electron chi connectivity index (χ3n) is 4.86. The van der Waals surface area contributed by atoms with Crippen molar-refractivity contribution in [2.45, 2.75) is 38.6 Å². The molecule has 128 valence electrons. The molecule has 0 radical (unpaired) electrons. The summed E-state index contributed by atoms with van der Waals surface area (Å²) in [6.07, 6.45) is 2.42. The molecule has 7 heteroatoms. The van der Waals surface area contributed by atoms with Crippen molar-refractivity contribution in [1.29, 1.82) is 0 Å². The third kappa shape index (κ3) is 4.43. The van der Waals surface area contributed by atoms with Crippen molar-refractivity contribution in [2.24, 2.45) is 11.8 Å². The van der Waals surface area contributed by atoms with Crippen LogP contribution in [0.5, 0.6) is 0 Å². The number of carboxylic acids is 1. The fourth-order valence-corrected chi connectivity index (χ4v) is 3.36. The van der Waals surface area contributed by atoms with Crippen LogP contribution in [0.25, 0.3) is 0 Å². The van der Waals surface area contributed by atoms with Crippen LogP contribution in [0.1, 0.15) is 31.7 Å². The van der Waals surface area contributed by atoms with Gasteiger partial charge in [-0.1, -0.05) is 18.2 Å². The maximum Gasteiger partial charge on any atom is 1.00 e. The Morgan fingerprint density at radius 3 is 2.64 bits per heavy atom. The summed E-state index contributed by atoms with van der Waals surface area (Å²) in [5.74, 6) is -2.68. The van der Waals surface area contributed by atoms with Crippen molar-refractivity contribution in [3.63, 3.8) is 0 Å². The molecular formula is C18H21N2NaO4. The molecule has 0 spiro atoms. The zero-order valence-electron chi connectivity index (χ0n) is 14.7. The molecule has 6 nitrogen and oxygen atoms in total. The van der Waals surface area contributed by atoms with Gasteiger partial charge in [-0.25, -0.2) is 0 Å². The van der Waals surface area contributed by atoms with Crippen LogP contribution >= 0.6 is 0 Å². The summed E-state index contributed by atoms with van der Waals surface area (Å²) < 4.78 is 0. The predicted molar refractivity (Wildman–Crippen MR) is 85.9 cm³/mol. The van der Waals surface area contributed by atoms with E-state index in [-0.39, 0.29) is 60.4 Å². The molecule has 1 aromatic carbocycles. The largest absolute Gasteiger partial charge is 1.00 e. The summed E-state index contributed by atoms with van der Waals surface area (Å²) in [6.45, 7) is 2.25. The van der Waals surface area contributed by atoms with E-state index in [1.807, 2.05) is 36.1 Å². The van der Waals surface area contributed by atoms with Gasteiger partial charge in [-0.15, -0.1) is 0 Å². The van der Waals surface area contributed by atoms with Crippen LogP contribution in [0, 0.1) is 11.8 Å². The number of aryl methyl sites for hydroxylation is 1. The maximum atomic E-state index is 12.6. The molecule has 0 saturated heterocycles. The van der Waals surface area contributed by atoms with Gasteiger partial charge in [-0.2, -0.15) is 0 Å². The van der Waals surface area contributed by atoms with E-state index in [1.165, 1.54) is 5.56 Å². The van der Waals surface area contributed by atoms with Gasteiger partial charge in [-0.05, 0) is 37.8 Å². The van der Waals surface area contributed by atoms with Gasteiger partial charge < -0.3 is 20.1 Å². The second-order valence-corrected chi connectivity index (χ2v) is 6.59. The monoisotopic (exact) mass is 352 g/mol. The number of anilines is 1. The number of carbonyl (C=O) groups is 3. The molecular weight excluding hydrogens is 331 g/mol. The number of amides is 2. The van der Waals surface area contributed by atoms with Gasteiger partial charge in [0.1, 0.15) is 0 Å². The Morgan fingerprint density at radius 1 is 1.24 bits per heavy atom. The fourth-order valence-electron chi connectivity index (χ4n) is 3.36. The van der Waals surface area contributed by atoms with Crippen molar-refractivity contribution < 1.29 is 49.0 Å². The molecule has 3 rings (SSSR count). The molecule has 1 aliphatic heterocycles. The standard InChI is InChI=1S/C18H22N2O4.Na/c1-11-6-7-12-4-2-3-5-15(12)20(11)16(21)8-9-19-17(22)13-10-14(13)18(23)24;/h2-5,11,13-14H,6-10H2,1H3,(H,19,22)(H,23,24);/q;+1/p-1/t11?,13-,14+;/m1./s1. The van der Waals surface area contributed by atoms with Crippen LogP contribution in [0.4, 0.5) is 5.69 Å². The van der Waals surface area contributed by atoms with E-state index in [2.05, 4.69) is 5.32 Å². The molecule has 1 fully saturated rings. The van der Waals surface area contributed by atoms with Crippen molar-refractivity contribution >= 4 is 23.5 Å². The zero-order valence-corrected chi connectivity index (χ0v) is 16.7. The van der Waals surface area contributed by atoms with Crippen LogP contribution in [0.3, 0.4) is 0 Å². The third-order valence-corrected chi connectivity index (χ3v) is 4.86. The Labute approximate surface area is 169 Å². The number of carboxylic acid groups (broad SMARTS) is 1. The predicted octanol–water partition coefficient (Wildman–Crippen LogP) is -2.75. The molecule has 1 heterocycles. The molecule has 1 N–H and O–H groups in total. The minimum absolute atomic E-state index is 0. The Bertz CT molecular complexity index is 679. The van der Waals surface area contributed by atoms with Crippen LogP contribution in [0.2, 0.25) is 0 Å². The number of carbonyl (C=O) groups excluding carboxylic acids is 3. The van der Waals surface area contributed by atoms with E-state index in [1.54, 1.807) is 0 Å². The number of hydrogen-bond donors (Lipinski definition) is 1. The van der Waals surface area contributed by atoms with Gasteiger partial charge in [0.05, 0.1) is 0 Å². The summed E-state index contributed by atoms with van der Waals surface area (Å²) >= 11 is 0. The number of para-hydroxylation sites is 1. The van der Waals surface area contributed by atoms with Crippen molar-refractivity contribution in [2.75, 3.05) is 11.4 Å². The molecule has 0 bridgehead atoms. The van der Waals surface area contributed by atoms with Gasteiger partial charge >= 0.3 is 29.6 Å². The van der Waals surface area contributed by atoms with E-state index in [4.69, 9.17) is 0 Å². The smallest absolute Gasteiger partial charge is 0.550 e. The minimum atomic E-state index is -1.18. The molecule has 2 aliphatic rings. The average molecular weight is 352 g/mol. The van der Waals surface area contributed by atoms with Gasteiger partial charge in [0.2, 0.25) is 11.8 Å². The molecule has 2 amide bonds. The summed E-state index contributed by atoms with van der Waals surface area (Å²) in [7, 11) is 0. The first-order valence-electron chi connectivity index (χ1n) is 8.37. The Balaban J connectivity index is 0.00000225. The quantitative estimate of drug-likeness (QED) is 0.582. The first-order valence-corrected chi connectivity index (χ1v) is 8.37. The van der Waals surface area contributed by atoms with Crippen molar-refractivity contribution in [1.82, 2.24) is 5.32 Å². The van der Waals surface area contributed by atoms with Crippen molar-refractivity contribution in [3.05, 3.63) is 29.8 Å². The maximum absolute atomic E-state index is 12.6. The van der Waals surface area contributed by atoms with E-state index >= 15 is 0 Å². The number of rotatable bonds is 5. The normalized spacial score (nSPS) is 23.9. The first-order chi connectivity index (χ1) is 11.5. The van der Waals surface area contributed by atoms with Gasteiger partial charge in [0.25, 0.3) is 0 Å². The topological polar surface area (TPSA) is 89.5 Å². The first kappa shape index (κ1) is 19.9. The summed E-state index contributed by atoms with van der Waals surface area (Å²) in [5, 5.41) is 13.3. The van der Waals surface area contributed by atoms with Crippen molar-refractivity contribution in [3.8, 4) is 0 Å². The van der Waals surface area contributed by atoms with Crippen LogP contribution in [-0.4, -0.2) is 30.4 Å². The molecule has 1 aliphatic carbocycles. The number of hydrogen-bond acceptors (Lipinski definition) is 4. The Hall–Kier alpha value is -1.37. The Kier molecular flexibility index (Phi) is 6.65. The number of benzene rings is 1. The molecule has 0 aromatic heterocycles. The molecule has 3 atom stereocenters. The molecule has 1 aromatic rings. The average Bonchev–Trinajstić information content (AvgIpc) is 3.35. The van der Waals surface area contributed by atoms with E-state index < -0.39 is 17.8 Å². The zero-order chi connectivity index (χ0) is 17.3. The van der Waals surface area contributed by atoms with E-state index in [0.29, 0.717) is 6.42 Å². The molecule has 1 saturated carbocycles. The second-order valence-electron chi connectivity index (χ2n) is 6.59. The number of nitrogens with one attached hydrogen (secondary N) is 1. The second kappa shape index (κ2) is 8.34. The van der Waals surface area contributed by atoms with E-state index in [0.717, 1.165) is 18.5 Å². The molecule has 25 heavy (non-hydrogen) atoms. The summed E-state index contributed by atoms with van der Waals surface area (Å²) in [6, 6.07) is 8.02. The molecule has 1 unspecified atom stereocenters. The number of nitrogens with zero attached hydrogens (tertiary/aromatic N) is 1. The Morgan fingerprint density at radius 2 is 1.96 bits per heavy atom. The minimum Gasteiger partial charge on any atom is -0.550 e.